The summed E-state index contributed by atoms with van der Waals surface area (Å²) in [5, 5.41) is 3.18. The molecule has 14 heavy (non-hydrogen) atoms. The van der Waals surface area contributed by atoms with Gasteiger partial charge in [0.25, 0.3) is 0 Å². The van der Waals surface area contributed by atoms with Gasteiger partial charge in [0, 0.05) is 24.3 Å². The van der Waals surface area contributed by atoms with Gasteiger partial charge in [-0.3, -0.25) is 0 Å². The molecule has 0 fully saturated rings. The highest BCUT2D eigenvalue weighted by molar-refractivity contribution is 5.51. The van der Waals surface area contributed by atoms with Crippen molar-refractivity contribution in [3.63, 3.8) is 0 Å². The third-order valence-corrected chi connectivity index (χ3v) is 2.02. The molecule has 0 spiro atoms. The minimum absolute atomic E-state index is 0.229. The van der Waals surface area contributed by atoms with Gasteiger partial charge in [0.1, 0.15) is 5.82 Å². The molecule has 0 atom stereocenters. The number of nitrogens with one attached hydrogen (secondary N) is 1. The number of rotatable bonds is 4. The van der Waals surface area contributed by atoms with Crippen LogP contribution in [0.15, 0.2) is 18.2 Å². The van der Waals surface area contributed by atoms with Crippen molar-refractivity contribution in [1.29, 1.82) is 0 Å². The molecule has 0 heterocycles. The van der Waals surface area contributed by atoms with Crippen LogP contribution in [0.1, 0.15) is 19.4 Å². The second-order valence-electron chi connectivity index (χ2n) is 3.74. The topological polar surface area (TPSA) is 38.0 Å². The maximum absolute atomic E-state index is 13.3. The Morgan fingerprint density at radius 1 is 1.43 bits per heavy atom. The summed E-state index contributed by atoms with van der Waals surface area (Å²) in [5.74, 6) is 0.296. The van der Waals surface area contributed by atoms with E-state index in [1.54, 1.807) is 6.07 Å². The molecule has 0 aliphatic heterocycles. The minimum Gasteiger partial charge on any atom is -0.384 e. The molecule has 0 aliphatic carbocycles. The number of hydrogen-bond donors (Lipinski definition) is 2. The highest BCUT2D eigenvalue weighted by atomic mass is 19.1. The fourth-order valence-electron chi connectivity index (χ4n) is 1.25. The highest BCUT2D eigenvalue weighted by Crippen LogP contribution is 2.18. The van der Waals surface area contributed by atoms with Crippen LogP contribution in [0.5, 0.6) is 0 Å². The van der Waals surface area contributed by atoms with E-state index in [1.807, 2.05) is 6.07 Å². The predicted octanol–water partition coefficient (Wildman–Crippen LogP) is 2.35. The van der Waals surface area contributed by atoms with Crippen LogP contribution in [0.25, 0.3) is 0 Å². The molecule has 0 amide bonds. The van der Waals surface area contributed by atoms with E-state index in [-0.39, 0.29) is 12.4 Å². The highest BCUT2D eigenvalue weighted by Gasteiger charge is 2.05. The molecule has 1 aromatic carbocycles. The second kappa shape index (κ2) is 4.96. The average Bonchev–Trinajstić information content (AvgIpc) is 2.14. The average molecular weight is 196 g/mol. The monoisotopic (exact) mass is 196 g/mol. The van der Waals surface area contributed by atoms with Gasteiger partial charge in [-0.1, -0.05) is 19.9 Å². The van der Waals surface area contributed by atoms with E-state index in [0.717, 1.165) is 12.2 Å². The van der Waals surface area contributed by atoms with E-state index in [0.29, 0.717) is 11.5 Å². The van der Waals surface area contributed by atoms with Gasteiger partial charge < -0.3 is 11.1 Å². The van der Waals surface area contributed by atoms with Crippen LogP contribution < -0.4 is 11.1 Å². The van der Waals surface area contributed by atoms with E-state index >= 15 is 0 Å². The van der Waals surface area contributed by atoms with Crippen molar-refractivity contribution in [3.8, 4) is 0 Å². The Morgan fingerprint density at radius 3 is 2.71 bits per heavy atom. The van der Waals surface area contributed by atoms with Crippen molar-refractivity contribution in [2.45, 2.75) is 20.4 Å². The summed E-state index contributed by atoms with van der Waals surface area (Å²) in [6.07, 6.45) is 0. The van der Waals surface area contributed by atoms with Gasteiger partial charge in [0.2, 0.25) is 0 Å². The number of halogens is 1. The molecule has 0 radical (unpaired) electrons. The van der Waals surface area contributed by atoms with Crippen LogP contribution in [-0.4, -0.2) is 6.54 Å². The van der Waals surface area contributed by atoms with E-state index in [2.05, 4.69) is 19.2 Å². The Labute approximate surface area is 84.3 Å². The van der Waals surface area contributed by atoms with Crippen molar-refractivity contribution in [2.24, 2.45) is 11.7 Å². The first kappa shape index (κ1) is 11.0. The molecule has 1 rings (SSSR count). The minimum atomic E-state index is -0.235. The molecule has 0 saturated carbocycles. The quantitative estimate of drug-likeness (QED) is 0.775. The lowest BCUT2D eigenvalue weighted by atomic mass is 10.1. The predicted molar refractivity (Wildman–Crippen MR) is 57.6 cm³/mol. The number of anilines is 1. The zero-order chi connectivity index (χ0) is 10.6. The maximum atomic E-state index is 13.3. The smallest absolute Gasteiger partial charge is 0.129 e. The molecule has 78 valence electrons. The molecular formula is C11H17FN2. The largest absolute Gasteiger partial charge is 0.384 e. The fraction of sp³-hybridized carbons (Fsp3) is 0.455. The Bertz CT molecular complexity index is 297. The first-order chi connectivity index (χ1) is 6.65. The lowest BCUT2D eigenvalue weighted by molar-refractivity contribution is 0.610. The summed E-state index contributed by atoms with van der Waals surface area (Å²) in [6.45, 7) is 5.27. The standard InChI is InChI=1S/C11H17FN2/c1-8(2)7-14-11-5-3-4-10(12)9(11)6-13/h3-5,8,14H,6-7,13H2,1-2H3. The third-order valence-electron chi connectivity index (χ3n) is 2.02. The molecule has 0 unspecified atom stereocenters. The molecule has 0 bridgehead atoms. The Hall–Kier alpha value is -1.09. The Morgan fingerprint density at radius 2 is 2.14 bits per heavy atom. The lowest BCUT2D eigenvalue weighted by Gasteiger charge is -2.13. The summed E-state index contributed by atoms with van der Waals surface area (Å²) in [4.78, 5) is 0. The fourth-order valence-corrected chi connectivity index (χ4v) is 1.25. The molecule has 3 heteroatoms. The summed E-state index contributed by atoms with van der Waals surface area (Å²) in [7, 11) is 0. The second-order valence-corrected chi connectivity index (χ2v) is 3.74. The molecule has 2 nitrogen and oxygen atoms in total. The van der Waals surface area contributed by atoms with Gasteiger partial charge in [-0.2, -0.15) is 0 Å². The maximum Gasteiger partial charge on any atom is 0.129 e. The van der Waals surface area contributed by atoms with Crippen molar-refractivity contribution < 1.29 is 4.39 Å². The van der Waals surface area contributed by atoms with Gasteiger partial charge in [-0.15, -0.1) is 0 Å². The third kappa shape index (κ3) is 2.70. The van der Waals surface area contributed by atoms with E-state index < -0.39 is 0 Å². The molecule has 3 N–H and O–H groups in total. The molecule has 1 aromatic rings. The normalized spacial score (nSPS) is 10.6. The van der Waals surface area contributed by atoms with Crippen LogP contribution in [0, 0.1) is 11.7 Å². The summed E-state index contributed by atoms with van der Waals surface area (Å²) >= 11 is 0. The van der Waals surface area contributed by atoms with Crippen molar-refractivity contribution >= 4 is 5.69 Å². The first-order valence-electron chi connectivity index (χ1n) is 4.86. The van der Waals surface area contributed by atoms with Crippen LogP contribution in [0.2, 0.25) is 0 Å². The van der Waals surface area contributed by atoms with Gasteiger partial charge >= 0.3 is 0 Å². The zero-order valence-corrected chi connectivity index (χ0v) is 8.68. The SMILES string of the molecule is CC(C)CNc1cccc(F)c1CN. The molecule has 0 aromatic heterocycles. The van der Waals surface area contributed by atoms with Crippen molar-refractivity contribution in [3.05, 3.63) is 29.6 Å². The van der Waals surface area contributed by atoms with Gasteiger partial charge in [0.15, 0.2) is 0 Å². The van der Waals surface area contributed by atoms with Crippen molar-refractivity contribution in [1.82, 2.24) is 0 Å². The molecule has 0 saturated heterocycles. The molecular weight excluding hydrogens is 179 g/mol. The molecule has 0 aliphatic rings. The lowest BCUT2D eigenvalue weighted by Crippen LogP contribution is -2.12. The van der Waals surface area contributed by atoms with Gasteiger partial charge in [-0.25, -0.2) is 4.39 Å². The Kier molecular flexibility index (Phi) is 3.89. The number of nitrogens with two attached hydrogens (primary N) is 1. The zero-order valence-electron chi connectivity index (χ0n) is 8.68. The summed E-state index contributed by atoms with van der Waals surface area (Å²) in [5.41, 5.74) is 6.85. The van der Waals surface area contributed by atoms with Crippen LogP contribution >= 0.6 is 0 Å². The van der Waals surface area contributed by atoms with Crippen LogP contribution in [-0.2, 0) is 6.54 Å². The summed E-state index contributed by atoms with van der Waals surface area (Å²) < 4.78 is 13.3. The van der Waals surface area contributed by atoms with Crippen LogP contribution in [0.4, 0.5) is 10.1 Å². The van der Waals surface area contributed by atoms with Crippen molar-refractivity contribution in [2.75, 3.05) is 11.9 Å². The van der Waals surface area contributed by atoms with E-state index in [1.165, 1.54) is 6.07 Å². The van der Waals surface area contributed by atoms with Gasteiger partial charge in [-0.05, 0) is 18.1 Å². The van der Waals surface area contributed by atoms with E-state index in [4.69, 9.17) is 5.73 Å². The van der Waals surface area contributed by atoms with Crippen LogP contribution in [0.3, 0.4) is 0 Å². The Balaban J connectivity index is 2.80. The van der Waals surface area contributed by atoms with Gasteiger partial charge in [0.05, 0.1) is 0 Å². The number of hydrogen-bond acceptors (Lipinski definition) is 2. The first-order valence-corrected chi connectivity index (χ1v) is 4.86. The number of benzene rings is 1. The summed E-state index contributed by atoms with van der Waals surface area (Å²) in [6, 6.07) is 4.98. The van der Waals surface area contributed by atoms with E-state index in [9.17, 15) is 4.39 Å².